The van der Waals surface area contributed by atoms with Crippen LogP contribution in [-0.4, -0.2) is 20.9 Å². The van der Waals surface area contributed by atoms with Gasteiger partial charge in [0.1, 0.15) is 5.75 Å². The predicted molar refractivity (Wildman–Crippen MR) is 78.4 cm³/mol. The molecule has 5 nitrogen and oxygen atoms in total. The van der Waals surface area contributed by atoms with Crippen LogP contribution in [0.2, 0.25) is 0 Å². The number of hydrogen-bond donors (Lipinski definition) is 1. The van der Waals surface area contributed by atoms with Gasteiger partial charge in [-0.2, -0.15) is 0 Å². The summed E-state index contributed by atoms with van der Waals surface area (Å²) in [5.41, 5.74) is 0.938. The molecule has 1 N–H and O–H groups in total. The molecule has 0 radical (unpaired) electrons. The summed E-state index contributed by atoms with van der Waals surface area (Å²) < 4.78 is 31.1. The molecule has 110 valence electrons. The van der Waals surface area contributed by atoms with Gasteiger partial charge in [-0.3, -0.25) is 4.79 Å². The van der Waals surface area contributed by atoms with Gasteiger partial charge in [-0.1, -0.05) is 35.9 Å². The fraction of sp³-hybridized carbons (Fsp3) is 0.133. The Morgan fingerprint density at radius 3 is 2.29 bits per heavy atom. The Kier molecular flexibility index (Phi) is 4.59. The second kappa shape index (κ2) is 6.41. The average Bonchev–Trinajstić information content (AvgIpc) is 2.46. The maximum Gasteiger partial charge on any atom is 0.271 e. The van der Waals surface area contributed by atoms with Gasteiger partial charge in [-0.25, -0.2) is 13.1 Å². The molecule has 0 spiro atoms. The maximum absolute atomic E-state index is 12.0. The summed E-state index contributed by atoms with van der Waals surface area (Å²) in [7, 11) is -3.86. The highest BCUT2D eigenvalue weighted by Gasteiger charge is 2.17. The number of carbonyl (C=O) groups excluding carboxylic acids is 1. The van der Waals surface area contributed by atoms with Crippen molar-refractivity contribution in [2.75, 3.05) is 6.61 Å². The van der Waals surface area contributed by atoms with Gasteiger partial charge < -0.3 is 4.74 Å². The Hall–Kier alpha value is -2.34. The van der Waals surface area contributed by atoms with Gasteiger partial charge >= 0.3 is 0 Å². The predicted octanol–water partition coefficient (Wildman–Crippen LogP) is 1.88. The summed E-state index contributed by atoms with van der Waals surface area (Å²) in [6.07, 6.45) is 0. The molecule has 2 aromatic rings. The van der Waals surface area contributed by atoms with Crippen LogP contribution in [0, 0.1) is 6.92 Å². The number of rotatable bonds is 5. The molecule has 1 amide bonds. The topological polar surface area (TPSA) is 72.5 Å². The zero-order chi connectivity index (χ0) is 15.3. The third-order valence-corrected chi connectivity index (χ3v) is 4.08. The lowest BCUT2D eigenvalue weighted by Gasteiger charge is -2.08. The Morgan fingerprint density at radius 1 is 1.05 bits per heavy atom. The molecule has 0 saturated heterocycles. The number of nitrogens with one attached hydrogen (secondary N) is 1. The molecule has 0 aliphatic carbocycles. The van der Waals surface area contributed by atoms with Crippen molar-refractivity contribution < 1.29 is 17.9 Å². The summed E-state index contributed by atoms with van der Waals surface area (Å²) in [6, 6.07) is 14.9. The highest BCUT2D eigenvalue weighted by atomic mass is 32.2. The summed E-state index contributed by atoms with van der Waals surface area (Å²) >= 11 is 0. The zero-order valence-corrected chi connectivity index (χ0v) is 12.3. The van der Waals surface area contributed by atoms with Crippen LogP contribution in [0.15, 0.2) is 59.5 Å². The number of para-hydroxylation sites is 1. The fourth-order valence-electron chi connectivity index (χ4n) is 1.62. The number of sulfonamides is 1. The van der Waals surface area contributed by atoms with Crippen LogP contribution in [-0.2, 0) is 14.8 Å². The van der Waals surface area contributed by atoms with Crippen molar-refractivity contribution in [2.24, 2.45) is 0 Å². The van der Waals surface area contributed by atoms with Gasteiger partial charge in [-0.15, -0.1) is 0 Å². The third kappa shape index (κ3) is 4.32. The van der Waals surface area contributed by atoms with Crippen LogP contribution >= 0.6 is 0 Å². The van der Waals surface area contributed by atoms with Gasteiger partial charge in [0.05, 0.1) is 4.90 Å². The van der Waals surface area contributed by atoms with Crippen molar-refractivity contribution in [1.29, 1.82) is 0 Å². The minimum atomic E-state index is -3.86. The van der Waals surface area contributed by atoms with Crippen molar-refractivity contribution in [2.45, 2.75) is 11.8 Å². The molecular formula is C15H15NO4S. The molecule has 0 fully saturated rings. The number of carbonyl (C=O) groups is 1. The summed E-state index contributed by atoms with van der Waals surface area (Å²) in [5.74, 6) is -0.222. The van der Waals surface area contributed by atoms with E-state index >= 15 is 0 Å². The number of amides is 1. The molecule has 2 aromatic carbocycles. The minimum Gasteiger partial charge on any atom is -0.484 e. The van der Waals surface area contributed by atoms with Crippen LogP contribution in [0.3, 0.4) is 0 Å². The summed E-state index contributed by atoms with van der Waals surface area (Å²) in [5, 5.41) is 0. The first kappa shape index (κ1) is 15.1. The molecule has 0 unspecified atom stereocenters. The molecule has 0 heterocycles. The quantitative estimate of drug-likeness (QED) is 0.915. The molecule has 6 heteroatoms. The highest BCUT2D eigenvalue weighted by molar-refractivity contribution is 7.90. The lowest BCUT2D eigenvalue weighted by molar-refractivity contribution is -0.121. The van der Waals surface area contributed by atoms with Gasteiger partial charge in [0.15, 0.2) is 6.61 Å². The molecule has 0 aliphatic rings. The largest absolute Gasteiger partial charge is 0.484 e. The Bertz CT molecular complexity index is 709. The highest BCUT2D eigenvalue weighted by Crippen LogP contribution is 2.10. The number of aryl methyl sites for hydroxylation is 1. The van der Waals surface area contributed by atoms with Crippen molar-refractivity contribution >= 4 is 15.9 Å². The molecule has 2 rings (SSSR count). The van der Waals surface area contributed by atoms with Gasteiger partial charge in [0.25, 0.3) is 15.9 Å². The Balaban J connectivity index is 1.97. The lowest BCUT2D eigenvalue weighted by atomic mass is 10.2. The van der Waals surface area contributed by atoms with E-state index in [1.54, 1.807) is 36.4 Å². The summed E-state index contributed by atoms with van der Waals surface area (Å²) in [4.78, 5) is 11.7. The van der Waals surface area contributed by atoms with E-state index < -0.39 is 15.9 Å². The molecule has 0 aromatic heterocycles. The molecule has 0 atom stereocenters. The van der Waals surface area contributed by atoms with E-state index in [4.69, 9.17) is 4.74 Å². The smallest absolute Gasteiger partial charge is 0.271 e. The van der Waals surface area contributed by atoms with E-state index in [1.165, 1.54) is 12.1 Å². The Morgan fingerprint density at radius 2 is 1.67 bits per heavy atom. The number of benzene rings is 2. The minimum absolute atomic E-state index is 0.0427. The van der Waals surface area contributed by atoms with Crippen molar-refractivity contribution in [3.8, 4) is 5.75 Å². The molecule has 0 saturated carbocycles. The Labute approximate surface area is 123 Å². The second-order valence-electron chi connectivity index (χ2n) is 4.44. The van der Waals surface area contributed by atoms with E-state index in [0.717, 1.165) is 5.56 Å². The van der Waals surface area contributed by atoms with Crippen LogP contribution in [0.5, 0.6) is 5.75 Å². The normalized spacial score (nSPS) is 10.9. The first-order valence-electron chi connectivity index (χ1n) is 6.27. The van der Waals surface area contributed by atoms with Gasteiger partial charge in [0, 0.05) is 0 Å². The van der Waals surface area contributed by atoms with E-state index in [9.17, 15) is 13.2 Å². The second-order valence-corrected chi connectivity index (χ2v) is 6.13. The first-order chi connectivity index (χ1) is 9.97. The van der Waals surface area contributed by atoms with E-state index in [-0.39, 0.29) is 11.5 Å². The maximum atomic E-state index is 12.0. The SMILES string of the molecule is Cc1ccc(S(=O)(=O)NC(=O)COc2ccccc2)cc1. The standard InChI is InChI=1S/C15H15NO4S/c1-12-7-9-14(10-8-12)21(18,19)16-15(17)11-20-13-5-3-2-4-6-13/h2-10H,11H2,1H3,(H,16,17). The monoisotopic (exact) mass is 305 g/mol. The molecule has 21 heavy (non-hydrogen) atoms. The molecule has 0 bridgehead atoms. The molecule has 0 aliphatic heterocycles. The third-order valence-electron chi connectivity index (χ3n) is 2.69. The van der Waals surface area contributed by atoms with Crippen LogP contribution in [0.4, 0.5) is 0 Å². The van der Waals surface area contributed by atoms with Crippen molar-refractivity contribution in [1.82, 2.24) is 4.72 Å². The first-order valence-corrected chi connectivity index (χ1v) is 7.76. The van der Waals surface area contributed by atoms with Crippen LogP contribution in [0.1, 0.15) is 5.56 Å². The van der Waals surface area contributed by atoms with Crippen LogP contribution in [0.25, 0.3) is 0 Å². The van der Waals surface area contributed by atoms with Crippen LogP contribution < -0.4 is 9.46 Å². The molecular weight excluding hydrogens is 290 g/mol. The number of hydrogen-bond acceptors (Lipinski definition) is 4. The lowest BCUT2D eigenvalue weighted by Crippen LogP contribution is -2.34. The zero-order valence-electron chi connectivity index (χ0n) is 11.4. The average molecular weight is 305 g/mol. The van der Waals surface area contributed by atoms with Gasteiger partial charge in [0.2, 0.25) is 0 Å². The van der Waals surface area contributed by atoms with E-state index in [2.05, 4.69) is 0 Å². The van der Waals surface area contributed by atoms with Gasteiger partial charge in [-0.05, 0) is 31.2 Å². The van der Waals surface area contributed by atoms with Crippen molar-refractivity contribution in [3.05, 3.63) is 60.2 Å². The van der Waals surface area contributed by atoms with Crippen molar-refractivity contribution in [3.63, 3.8) is 0 Å². The van der Waals surface area contributed by atoms with E-state index in [1.807, 2.05) is 17.7 Å². The summed E-state index contributed by atoms with van der Waals surface area (Å²) in [6.45, 7) is 1.48. The van der Waals surface area contributed by atoms with E-state index in [0.29, 0.717) is 5.75 Å². The number of ether oxygens (including phenoxy) is 1. The fourth-order valence-corrected chi connectivity index (χ4v) is 2.59.